The minimum Gasteiger partial charge on any atom is -0.481 e. The maximum atomic E-state index is 12.5. The third-order valence-electron chi connectivity index (χ3n) is 4.51. The van der Waals surface area contributed by atoms with Crippen molar-refractivity contribution in [2.45, 2.75) is 32.1 Å². The molecule has 0 aromatic rings. The molecule has 1 atom stereocenters. The number of ether oxygens (including phenoxy) is 1. The molecule has 0 aromatic heterocycles. The second-order valence-corrected chi connectivity index (χ2v) is 7.89. The van der Waals surface area contributed by atoms with Gasteiger partial charge >= 0.3 is 11.9 Å². The number of nitrogens with zero attached hydrogens (tertiary/aromatic N) is 1. The van der Waals surface area contributed by atoms with Crippen LogP contribution in [0.15, 0.2) is 0 Å². The van der Waals surface area contributed by atoms with Crippen molar-refractivity contribution in [1.29, 1.82) is 0 Å². The van der Waals surface area contributed by atoms with Crippen LogP contribution in [-0.2, 0) is 24.3 Å². The predicted octanol–water partition coefficient (Wildman–Crippen LogP) is 0.456. The molecular formula is C13H21NO6S. The molecule has 1 unspecified atom stereocenters. The van der Waals surface area contributed by atoms with Gasteiger partial charge in [-0.1, -0.05) is 6.42 Å². The van der Waals surface area contributed by atoms with E-state index in [2.05, 4.69) is 0 Å². The highest BCUT2D eigenvalue weighted by molar-refractivity contribution is 7.89. The van der Waals surface area contributed by atoms with Gasteiger partial charge in [0.25, 0.3) is 0 Å². The zero-order chi connectivity index (χ0) is 15.7. The van der Waals surface area contributed by atoms with Gasteiger partial charge in [-0.15, -0.1) is 0 Å². The fourth-order valence-electron chi connectivity index (χ4n) is 3.06. The van der Waals surface area contributed by atoms with Crippen molar-refractivity contribution in [3.05, 3.63) is 0 Å². The number of aliphatic carboxylic acids is 1. The van der Waals surface area contributed by atoms with Crippen molar-refractivity contribution in [3.8, 4) is 0 Å². The van der Waals surface area contributed by atoms with Gasteiger partial charge in [0.2, 0.25) is 10.0 Å². The van der Waals surface area contributed by atoms with Crippen LogP contribution in [0.4, 0.5) is 0 Å². The van der Waals surface area contributed by atoms with Crippen LogP contribution in [0.2, 0.25) is 0 Å². The molecule has 2 rings (SSSR count). The average Bonchev–Trinajstić information content (AvgIpc) is 2.42. The molecule has 2 aliphatic rings. The third kappa shape index (κ3) is 3.21. The van der Waals surface area contributed by atoms with E-state index in [-0.39, 0.29) is 12.3 Å². The molecule has 1 aliphatic heterocycles. The summed E-state index contributed by atoms with van der Waals surface area (Å²) < 4.78 is 31.0. The second kappa shape index (κ2) is 5.92. The van der Waals surface area contributed by atoms with E-state index in [4.69, 9.17) is 9.84 Å². The fourth-order valence-corrected chi connectivity index (χ4v) is 5.17. The van der Waals surface area contributed by atoms with Crippen LogP contribution in [0.5, 0.6) is 0 Å². The van der Waals surface area contributed by atoms with Crippen LogP contribution in [0.25, 0.3) is 0 Å². The van der Waals surface area contributed by atoms with Gasteiger partial charge in [0, 0.05) is 13.1 Å². The summed E-state index contributed by atoms with van der Waals surface area (Å²) in [5.41, 5.74) is -0.941. The van der Waals surface area contributed by atoms with Crippen molar-refractivity contribution < 1.29 is 27.9 Å². The second-order valence-electron chi connectivity index (χ2n) is 5.92. The molecule has 1 N–H and O–H groups in total. The number of carbonyl (C=O) groups excluding carboxylic acids is 1. The average molecular weight is 319 g/mol. The van der Waals surface area contributed by atoms with Crippen molar-refractivity contribution >= 4 is 22.0 Å². The summed E-state index contributed by atoms with van der Waals surface area (Å²) >= 11 is 0. The lowest BCUT2D eigenvalue weighted by molar-refractivity contribution is -0.156. The van der Waals surface area contributed by atoms with Crippen LogP contribution in [0.1, 0.15) is 32.1 Å². The molecule has 1 saturated heterocycles. The standard InChI is InChI=1S/C13H21NO6S/c1-20-12(17)13(5-3-6-13)9-21(18,19)14-7-2-4-10(8-14)11(15)16/h10H,2-9H2,1H3,(H,15,16). The van der Waals surface area contributed by atoms with Gasteiger partial charge in [-0.3, -0.25) is 9.59 Å². The number of hydrogen-bond acceptors (Lipinski definition) is 5. The molecule has 0 bridgehead atoms. The maximum Gasteiger partial charge on any atom is 0.312 e. The van der Waals surface area contributed by atoms with Gasteiger partial charge in [0.05, 0.1) is 24.2 Å². The number of sulfonamides is 1. The van der Waals surface area contributed by atoms with E-state index >= 15 is 0 Å². The molecular weight excluding hydrogens is 298 g/mol. The first-order valence-electron chi connectivity index (χ1n) is 7.10. The summed E-state index contributed by atoms with van der Waals surface area (Å²) in [6.07, 6.45) is 2.84. The molecule has 1 saturated carbocycles. The van der Waals surface area contributed by atoms with Crippen molar-refractivity contribution in [1.82, 2.24) is 4.31 Å². The van der Waals surface area contributed by atoms with E-state index in [0.29, 0.717) is 32.2 Å². The topological polar surface area (TPSA) is 101 Å². The summed E-state index contributed by atoms with van der Waals surface area (Å²) in [5.74, 6) is -2.40. The molecule has 0 spiro atoms. The van der Waals surface area contributed by atoms with E-state index in [1.54, 1.807) is 0 Å². The van der Waals surface area contributed by atoms with Gasteiger partial charge in [-0.25, -0.2) is 12.7 Å². The molecule has 7 nitrogen and oxygen atoms in total. The van der Waals surface area contributed by atoms with Crippen LogP contribution in [0.3, 0.4) is 0 Å². The SMILES string of the molecule is COC(=O)C1(CS(=O)(=O)N2CCCC(C(=O)O)C2)CCC1. The van der Waals surface area contributed by atoms with E-state index in [1.165, 1.54) is 11.4 Å². The number of esters is 1. The van der Waals surface area contributed by atoms with Gasteiger partial charge in [-0.05, 0) is 25.7 Å². The fraction of sp³-hybridized carbons (Fsp3) is 0.846. The number of carbonyl (C=O) groups is 2. The number of piperidine rings is 1. The van der Waals surface area contributed by atoms with Gasteiger partial charge in [0.15, 0.2) is 0 Å². The van der Waals surface area contributed by atoms with Crippen LogP contribution in [-0.4, -0.2) is 55.7 Å². The lowest BCUT2D eigenvalue weighted by atomic mass is 9.70. The highest BCUT2D eigenvalue weighted by Crippen LogP contribution is 2.43. The third-order valence-corrected chi connectivity index (χ3v) is 6.55. The molecule has 1 heterocycles. The highest BCUT2D eigenvalue weighted by atomic mass is 32.2. The minimum absolute atomic E-state index is 0.00504. The quantitative estimate of drug-likeness (QED) is 0.739. The molecule has 2 fully saturated rings. The summed E-state index contributed by atoms with van der Waals surface area (Å²) in [4.78, 5) is 22.9. The molecule has 0 aromatic carbocycles. The minimum atomic E-state index is -3.65. The summed E-state index contributed by atoms with van der Waals surface area (Å²) in [6.45, 7) is 0.318. The lowest BCUT2D eigenvalue weighted by Gasteiger charge is -2.40. The van der Waals surface area contributed by atoms with Gasteiger partial charge in [-0.2, -0.15) is 0 Å². The molecule has 1 aliphatic carbocycles. The summed E-state index contributed by atoms with van der Waals surface area (Å²) in [6, 6.07) is 0. The first-order valence-corrected chi connectivity index (χ1v) is 8.71. The van der Waals surface area contributed by atoms with Gasteiger partial charge < -0.3 is 9.84 Å². The number of methoxy groups -OCH3 is 1. The zero-order valence-electron chi connectivity index (χ0n) is 12.1. The Morgan fingerprint density at radius 3 is 2.48 bits per heavy atom. The van der Waals surface area contributed by atoms with E-state index in [0.717, 1.165) is 6.42 Å². The smallest absolute Gasteiger partial charge is 0.312 e. The Hall–Kier alpha value is -1.15. The van der Waals surface area contributed by atoms with Crippen LogP contribution in [0, 0.1) is 11.3 Å². The Labute approximate surface area is 124 Å². The van der Waals surface area contributed by atoms with Crippen molar-refractivity contribution in [2.24, 2.45) is 11.3 Å². The van der Waals surface area contributed by atoms with E-state index in [1.807, 2.05) is 0 Å². The maximum absolute atomic E-state index is 12.5. The number of carboxylic acids is 1. The normalized spacial score (nSPS) is 25.9. The Morgan fingerprint density at radius 2 is 2.00 bits per heavy atom. The van der Waals surface area contributed by atoms with Crippen molar-refractivity contribution in [3.63, 3.8) is 0 Å². The first kappa shape index (κ1) is 16.2. The van der Waals surface area contributed by atoms with E-state index < -0.39 is 33.3 Å². The molecule has 8 heteroatoms. The number of rotatable bonds is 5. The Bertz CT molecular complexity index is 525. The summed E-state index contributed by atoms with van der Waals surface area (Å²) in [5, 5.41) is 9.04. The van der Waals surface area contributed by atoms with E-state index in [9.17, 15) is 18.0 Å². The molecule has 0 amide bonds. The number of carboxylic acid groups (broad SMARTS) is 1. The first-order chi connectivity index (χ1) is 9.81. The van der Waals surface area contributed by atoms with Crippen LogP contribution >= 0.6 is 0 Å². The largest absolute Gasteiger partial charge is 0.481 e. The monoisotopic (exact) mass is 319 g/mol. The lowest BCUT2D eigenvalue weighted by Crippen LogP contribution is -2.50. The molecule has 120 valence electrons. The predicted molar refractivity (Wildman–Crippen MR) is 74.0 cm³/mol. The summed E-state index contributed by atoms with van der Waals surface area (Å²) in [7, 11) is -2.39. The van der Waals surface area contributed by atoms with Crippen molar-refractivity contribution in [2.75, 3.05) is 26.0 Å². The number of hydrogen-bond donors (Lipinski definition) is 1. The Kier molecular flexibility index (Phi) is 4.57. The van der Waals surface area contributed by atoms with Gasteiger partial charge in [0.1, 0.15) is 0 Å². The zero-order valence-corrected chi connectivity index (χ0v) is 12.9. The molecule has 21 heavy (non-hydrogen) atoms. The Balaban J connectivity index is 2.11. The van der Waals surface area contributed by atoms with Crippen LogP contribution < -0.4 is 0 Å². The Morgan fingerprint density at radius 1 is 1.33 bits per heavy atom. The highest BCUT2D eigenvalue weighted by Gasteiger charge is 2.50. The molecule has 0 radical (unpaired) electrons.